The zero-order valence-corrected chi connectivity index (χ0v) is 21.0. The van der Waals surface area contributed by atoms with Crippen molar-refractivity contribution >= 4 is 5.91 Å². The van der Waals surface area contributed by atoms with E-state index in [2.05, 4.69) is 24.0 Å². The van der Waals surface area contributed by atoms with Crippen molar-refractivity contribution in [3.63, 3.8) is 0 Å². The van der Waals surface area contributed by atoms with Crippen molar-refractivity contribution in [3.8, 4) is 11.8 Å². The maximum absolute atomic E-state index is 13.0. The van der Waals surface area contributed by atoms with Crippen LogP contribution in [0, 0.1) is 11.3 Å². The van der Waals surface area contributed by atoms with Crippen LogP contribution < -0.4 is 4.74 Å². The lowest BCUT2D eigenvalue weighted by Crippen LogP contribution is -2.49. The number of nitriles is 1. The SMILES string of the molecule is CCc1ccc(C(=O)N2CCN(CC(OCc3ccc(C#N)cc3)c3cccc(OC)c3)CC2)cc1. The van der Waals surface area contributed by atoms with Gasteiger partial charge >= 0.3 is 0 Å². The minimum atomic E-state index is -0.153. The van der Waals surface area contributed by atoms with Gasteiger partial charge in [-0.3, -0.25) is 9.69 Å². The molecule has 1 saturated heterocycles. The molecule has 1 heterocycles. The number of amides is 1. The van der Waals surface area contributed by atoms with E-state index in [1.807, 2.05) is 71.6 Å². The molecule has 1 amide bonds. The van der Waals surface area contributed by atoms with Gasteiger partial charge in [0.2, 0.25) is 0 Å². The lowest BCUT2D eigenvalue weighted by Gasteiger charge is -2.36. The third-order valence-corrected chi connectivity index (χ3v) is 6.69. The Kier molecular flexibility index (Phi) is 8.72. The molecular formula is C30H33N3O3. The minimum absolute atomic E-state index is 0.0960. The van der Waals surface area contributed by atoms with Gasteiger partial charge in [-0.15, -0.1) is 0 Å². The first-order chi connectivity index (χ1) is 17.6. The molecule has 0 bridgehead atoms. The van der Waals surface area contributed by atoms with E-state index in [0.717, 1.165) is 48.5 Å². The molecule has 0 N–H and O–H groups in total. The summed E-state index contributed by atoms with van der Waals surface area (Å²) in [7, 11) is 1.66. The predicted molar refractivity (Wildman–Crippen MR) is 140 cm³/mol. The Labute approximate surface area is 213 Å². The lowest BCUT2D eigenvalue weighted by molar-refractivity contribution is 0.00333. The molecular weight excluding hydrogens is 450 g/mol. The van der Waals surface area contributed by atoms with Gasteiger partial charge in [0.1, 0.15) is 5.75 Å². The molecule has 6 nitrogen and oxygen atoms in total. The van der Waals surface area contributed by atoms with Crippen molar-refractivity contribution in [3.05, 3.63) is 101 Å². The Balaban J connectivity index is 1.39. The Morgan fingerprint density at radius 3 is 2.31 bits per heavy atom. The zero-order chi connectivity index (χ0) is 25.3. The Morgan fingerprint density at radius 1 is 0.972 bits per heavy atom. The summed E-state index contributed by atoms with van der Waals surface area (Å²) in [4.78, 5) is 17.3. The summed E-state index contributed by atoms with van der Waals surface area (Å²) in [6, 6.07) is 25.6. The van der Waals surface area contributed by atoms with E-state index in [4.69, 9.17) is 14.7 Å². The van der Waals surface area contributed by atoms with Crippen molar-refractivity contribution in [2.45, 2.75) is 26.1 Å². The number of carbonyl (C=O) groups excluding carboxylic acids is 1. The zero-order valence-electron chi connectivity index (χ0n) is 21.0. The molecule has 3 aromatic rings. The Bertz CT molecular complexity index is 1180. The number of aryl methyl sites for hydroxylation is 1. The second-order valence-corrected chi connectivity index (χ2v) is 9.03. The van der Waals surface area contributed by atoms with Crippen LogP contribution in [0.1, 0.15) is 45.6 Å². The van der Waals surface area contributed by atoms with Crippen LogP contribution in [0.25, 0.3) is 0 Å². The van der Waals surface area contributed by atoms with E-state index in [1.54, 1.807) is 7.11 Å². The van der Waals surface area contributed by atoms with E-state index >= 15 is 0 Å². The molecule has 4 rings (SSSR count). The van der Waals surface area contributed by atoms with E-state index in [1.165, 1.54) is 5.56 Å². The number of methoxy groups -OCH3 is 1. The van der Waals surface area contributed by atoms with Crippen molar-refractivity contribution in [1.82, 2.24) is 9.80 Å². The summed E-state index contributed by atoms with van der Waals surface area (Å²) in [5, 5.41) is 9.04. The lowest BCUT2D eigenvalue weighted by atomic mass is 10.1. The summed E-state index contributed by atoms with van der Waals surface area (Å²) in [5.41, 5.74) is 4.70. The highest BCUT2D eigenvalue weighted by atomic mass is 16.5. The second-order valence-electron chi connectivity index (χ2n) is 9.03. The third kappa shape index (κ3) is 6.51. The van der Waals surface area contributed by atoms with Crippen LogP contribution in [0.5, 0.6) is 5.75 Å². The normalized spacial score (nSPS) is 14.8. The highest BCUT2D eigenvalue weighted by Gasteiger charge is 2.25. The molecule has 0 aromatic heterocycles. The van der Waals surface area contributed by atoms with Crippen LogP contribution >= 0.6 is 0 Å². The smallest absolute Gasteiger partial charge is 0.253 e. The number of piperazine rings is 1. The number of rotatable bonds is 9. The van der Waals surface area contributed by atoms with Crippen LogP contribution in [0.15, 0.2) is 72.8 Å². The number of nitrogens with zero attached hydrogens (tertiary/aromatic N) is 3. The number of hydrogen-bond donors (Lipinski definition) is 0. The molecule has 1 unspecified atom stereocenters. The highest BCUT2D eigenvalue weighted by Crippen LogP contribution is 2.25. The van der Waals surface area contributed by atoms with E-state index < -0.39 is 0 Å². The van der Waals surface area contributed by atoms with E-state index in [0.29, 0.717) is 25.3 Å². The molecule has 1 aliphatic heterocycles. The van der Waals surface area contributed by atoms with Crippen LogP contribution in [0.4, 0.5) is 0 Å². The van der Waals surface area contributed by atoms with E-state index in [-0.39, 0.29) is 12.0 Å². The van der Waals surface area contributed by atoms with Crippen molar-refractivity contribution in [2.24, 2.45) is 0 Å². The summed E-state index contributed by atoms with van der Waals surface area (Å²) >= 11 is 0. The minimum Gasteiger partial charge on any atom is -0.497 e. The average molecular weight is 484 g/mol. The summed E-state index contributed by atoms with van der Waals surface area (Å²) in [5.74, 6) is 0.891. The third-order valence-electron chi connectivity index (χ3n) is 6.69. The molecule has 3 aromatic carbocycles. The van der Waals surface area contributed by atoms with Gasteiger partial charge in [0.05, 0.1) is 31.5 Å². The van der Waals surface area contributed by atoms with Gasteiger partial charge in [0.25, 0.3) is 5.91 Å². The summed E-state index contributed by atoms with van der Waals surface area (Å²) < 4.78 is 11.8. The molecule has 0 radical (unpaired) electrons. The topological polar surface area (TPSA) is 65.8 Å². The molecule has 186 valence electrons. The predicted octanol–water partition coefficient (Wildman–Crippen LogP) is 4.85. The van der Waals surface area contributed by atoms with Crippen LogP contribution in [-0.4, -0.2) is 55.5 Å². The average Bonchev–Trinajstić information content (AvgIpc) is 2.95. The summed E-state index contributed by atoms with van der Waals surface area (Å²) in [6.45, 7) is 6.24. The Morgan fingerprint density at radius 2 is 1.67 bits per heavy atom. The monoisotopic (exact) mass is 483 g/mol. The van der Waals surface area contributed by atoms with Crippen LogP contribution in [0.2, 0.25) is 0 Å². The molecule has 0 aliphatic carbocycles. The number of benzene rings is 3. The van der Waals surface area contributed by atoms with Crippen molar-refractivity contribution in [1.29, 1.82) is 5.26 Å². The molecule has 6 heteroatoms. The maximum atomic E-state index is 13.0. The van der Waals surface area contributed by atoms with Gasteiger partial charge in [0.15, 0.2) is 0 Å². The first-order valence-corrected chi connectivity index (χ1v) is 12.4. The van der Waals surface area contributed by atoms with Gasteiger partial charge in [0, 0.05) is 38.3 Å². The number of ether oxygens (including phenoxy) is 2. The van der Waals surface area contributed by atoms with Gasteiger partial charge in [-0.1, -0.05) is 43.3 Å². The first-order valence-electron chi connectivity index (χ1n) is 12.4. The quantitative estimate of drug-likeness (QED) is 0.436. The van der Waals surface area contributed by atoms with Crippen LogP contribution in [0.3, 0.4) is 0 Å². The van der Waals surface area contributed by atoms with Gasteiger partial charge in [-0.25, -0.2) is 0 Å². The fraction of sp³-hybridized carbons (Fsp3) is 0.333. The molecule has 0 saturated carbocycles. The number of carbonyl (C=O) groups is 1. The van der Waals surface area contributed by atoms with Crippen molar-refractivity contribution in [2.75, 3.05) is 39.8 Å². The second kappa shape index (κ2) is 12.3. The van der Waals surface area contributed by atoms with E-state index in [9.17, 15) is 4.79 Å². The van der Waals surface area contributed by atoms with Gasteiger partial charge in [-0.2, -0.15) is 5.26 Å². The number of hydrogen-bond acceptors (Lipinski definition) is 5. The van der Waals surface area contributed by atoms with Gasteiger partial charge in [-0.05, 0) is 59.5 Å². The molecule has 1 atom stereocenters. The molecule has 36 heavy (non-hydrogen) atoms. The van der Waals surface area contributed by atoms with Crippen LogP contribution in [-0.2, 0) is 17.8 Å². The largest absolute Gasteiger partial charge is 0.497 e. The summed E-state index contributed by atoms with van der Waals surface area (Å²) in [6.07, 6.45) is 0.814. The molecule has 1 aliphatic rings. The van der Waals surface area contributed by atoms with Crippen molar-refractivity contribution < 1.29 is 14.3 Å². The molecule has 1 fully saturated rings. The molecule has 0 spiro atoms. The standard InChI is InChI=1S/C30H33N3O3/c1-3-23-11-13-26(14-12-23)30(34)33-17-15-32(16-18-33)21-29(27-5-4-6-28(19-27)35-2)36-22-25-9-7-24(20-31)8-10-25/h4-14,19,29H,3,15-18,21-22H2,1-2H3. The first kappa shape index (κ1) is 25.4. The fourth-order valence-electron chi connectivity index (χ4n) is 4.40. The maximum Gasteiger partial charge on any atom is 0.253 e. The fourth-order valence-corrected chi connectivity index (χ4v) is 4.40. The Hall–Kier alpha value is -3.66. The highest BCUT2D eigenvalue weighted by molar-refractivity contribution is 5.94. The van der Waals surface area contributed by atoms with Gasteiger partial charge < -0.3 is 14.4 Å².